The lowest BCUT2D eigenvalue weighted by Gasteiger charge is -2.27. The standard InChI is InChI=1S/C17H20N2O/c1-2-9-20-15-10-14(11-18-12-15)17-16-6-4-3-5-13(16)7-8-19-17/h3-6,10-12,17,19H,2,7-9H2,1H3. The van der Waals surface area contributed by atoms with Gasteiger partial charge in [-0.2, -0.15) is 0 Å². The summed E-state index contributed by atoms with van der Waals surface area (Å²) in [7, 11) is 0. The molecule has 1 aromatic carbocycles. The molecule has 0 spiro atoms. The number of aromatic nitrogens is 1. The highest BCUT2D eigenvalue weighted by Gasteiger charge is 2.21. The molecule has 1 unspecified atom stereocenters. The molecule has 0 saturated carbocycles. The number of fused-ring (bicyclic) bond motifs is 1. The third-order valence-corrected chi connectivity index (χ3v) is 3.65. The first kappa shape index (κ1) is 13.1. The summed E-state index contributed by atoms with van der Waals surface area (Å²) >= 11 is 0. The monoisotopic (exact) mass is 268 g/mol. The lowest BCUT2D eigenvalue weighted by atomic mass is 9.91. The molecule has 3 heteroatoms. The molecule has 0 saturated heterocycles. The number of benzene rings is 1. The van der Waals surface area contributed by atoms with Crippen LogP contribution in [-0.2, 0) is 6.42 Å². The Morgan fingerprint density at radius 1 is 1.30 bits per heavy atom. The van der Waals surface area contributed by atoms with Gasteiger partial charge in [0.05, 0.1) is 18.8 Å². The maximum Gasteiger partial charge on any atom is 0.137 e. The van der Waals surface area contributed by atoms with Crippen LogP contribution in [0.25, 0.3) is 0 Å². The van der Waals surface area contributed by atoms with Crippen LogP contribution in [0.2, 0.25) is 0 Å². The van der Waals surface area contributed by atoms with Crippen LogP contribution in [0.5, 0.6) is 5.75 Å². The molecule has 1 aliphatic rings. The van der Waals surface area contributed by atoms with Crippen molar-refractivity contribution in [2.45, 2.75) is 25.8 Å². The first-order chi connectivity index (χ1) is 9.88. The Hall–Kier alpha value is -1.87. The third-order valence-electron chi connectivity index (χ3n) is 3.65. The fourth-order valence-electron chi connectivity index (χ4n) is 2.69. The van der Waals surface area contributed by atoms with E-state index in [2.05, 4.69) is 47.6 Å². The SMILES string of the molecule is CCCOc1cncc(C2NCCc3ccccc32)c1. The number of nitrogens with zero attached hydrogens (tertiary/aromatic N) is 1. The molecule has 104 valence electrons. The topological polar surface area (TPSA) is 34.1 Å². The molecule has 2 aromatic rings. The quantitative estimate of drug-likeness (QED) is 0.925. The first-order valence-electron chi connectivity index (χ1n) is 7.27. The lowest BCUT2D eigenvalue weighted by molar-refractivity contribution is 0.315. The van der Waals surface area contributed by atoms with Crippen molar-refractivity contribution in [1.29, 1.82) is 0 Å². The number of pyridine rings is 1. The van der Waals surface area contributed by atoms with E-state index in [9.17, 15) is 0 Å². The van der Waals surface area contributed by atoms with Crippen molar-refractivity contribution in [3.8, 4) is 5.75 Å². The van der Waals surface area contributed by atoms with E-state index in [1.165, 1.54) is 16.7 Å². The molecule has 2 heterocycles. The van der Waals surface area contributed by atoms with E-state index in [0.717, 1.165) is 31.7 Å². The normalized spacial score (nSPS) is 17.6. The molecule has 0 aliphatic carbocycles. The fourth-order valence-corrected chi connectivity index (χ4v) is 2.69. The van der Waals surface area contributed by atoms with Gasteiger partial charge in [-0.05, 0) is 35.6 Å². The van der Waals surface area contributed by atoms with Crippen molar-refractivity contribution >= 4 is 0 Å². The highest BCUT2D eigenvalue weighted by Crippen LogP contribution is 2.29. The number of nitrogens with one attached hydrogen (secondary N) is 1. The van der Waals surface area contributed by atoms with Crippen molar-refractivity contribution in [1.82, 2.24) is 10.3 Å². The van der Waals surface area contributed by atoms with Crippen LogP contribution in [-0.4, -0.2) is 18.1 Å². The number of hydrogen-bond acceptors (Lipinski definition) is 3. The molecule has 3 nitrogen and oxygen atoms in total. The van der Waals surface area contributed by atoms with Crippen molar-refractivity contribution in [3.63, 3.8) is 0 Å². The van der Waals surface area contributed by atoms with Gasteiger partial charge in [0.25, 0.3) is 0 Å². The van der Waals surface area contributed by atoms with E-state index in [1.54, 1.807) is 6.20 Å². The van der Waals surface area contributed by atoms with Crippen molar-refractivity contribution in [3.05, 3.63) is 59.4 Å². The van der Waals surface area contributed by atoms with Gasteiger partial charge >= 0.3 is 0 Å². The van der Waals surface area contributed by atoms with Crippen molar-refractivity contribution in [2.75, 3.05) is 13.2 Å². The number of hydrogen-bond donors (Lipinski definition) is 1. The van der Waals surface area contributed by atoms with Gasteiger partial charge in [-0.3, -0.25) is 4.98 Å². The summed E-state index contributed by atoms with van der Waals surface area (Å²) in [5.41, 5.74) is 3.95. The predicted octanol–water partition coefficient (Wildman–Crippen LogP) is 3.11. The summed E-state index contributed by atoms with van der Waals surface area (Å²) in [5, 5.41) is 3.58. The number of rotatable bonds is 4. The molecule has 3 rings (SSSR count). The summed E-state index contributed by atoms with van der Waals surface area (Å²) in [6.45, 7) is 3.84. The van der Waals surface area contributed by atoms with Crippen LogP contribution < -0.4 is 10.1 Å². The van der Waals surface area contributed by atoms with Gasteiger partial charge in [-0.25, -0.2) is 0 Å². The van der Waals surface area contributed by atoms with Gasteiger partial charge in [-0.1, -0.05) is 31.2 Å². The minimum Gasteiger partial charge on any atom is -0.492 e. The predicted molar refractivity (Wildman–Crippen MR) is 80.0 cm³/mol. The molecular weight excluding hydrogens is 248 g/mol. The minimum atomic E-state index is 0.220. The molecule has 1 atom stereocenters. The van der Waals surface area contributed by atoms with Crippen LogP contribution in [0, 0.1) is 0 Å². The summed E-state index contributed by atoms with van der Waals surface area (Å²) in [4.78, 5) is 4.32. The Bertz CT molecular complexity index is 583. The number of ether oxygens (including phenoxy) is 1. The lowest BCUT2D eigenvalue weighted by Crippen LogP contribution is -2.30. The molecule has 0 fully saturated rings. The Labute approximate surface area is 120 Å². The van der Waals surface area contributed by atoms with Gasteiger partial charge in [0.15, 0.2) is 0 Å². The molecule has 1 N–H and O–H groups in total. The van der Waals surface area contributed by atoms with Crippen LogP contribution in [0.4, 0.5) is 0 Å². The second kappa shape index (κ2) is 6.06. The van der Waals surface area contributed by atoms with Crippen LogP contribution in [0.15, 0.2) is 42.7 Å². The molecule has 1 aromatic heterocycles. The third kappa shape index (κ3) is 2.68. The van der Waals surface area contributed by atoms with Gasteiger partial charge in [0, 0.05) is 12.7 Å². The van der Waals surface area contributed by atoms with Gasteiger partial charge in [0.1, 0.15) is 5.75 Å². The average molecular weight is 268 g/mol. The van der Waals surface area contributed by atoms with Gasteiger partial charge in [-0.15, -0.1) is 0 Å². The summed E-state index contributed by atoms with van der Waals surface area (Å²) in [6, 6.07) is 10.9. The van der Waals surface area contributed by atoms with E-state index < -0.39 is 0 Å². The van der Waals surface area contributed by atoms with Crippen LogP contribution in [0.3, 0.4) is 0 Å². The molecule has 1 aliphatic heterocycles. The highest BCUT2D eigenvalue weighted by atomic mass is 16.5. The summed E-state index contributed by atoms with van der Waals surface area (Å²) < 4.78 is 5.68. The fraction of sp³-hybridized carbons (Fsp3) is 0.353. The first-order valence-corrected chi connectivity index (χ1v) is 7.27. The molecule has 0 amide bonds. The van der Waals surface area contributed by atoms with Crippen molar-refractivity contribution in [2.24, 2.45) is 0 Å². The van der Waals surface area contributed by atoms with E-state index in [0.29, 0.717) is 0 Å². The maximum atomic E-state index is 5.68. The average Bonchev–Trinajstić information content (AvgIpc) is 2.52. The minimum absolute atomic E-state index is 0.220. The summed E-state index contributed by atoms with van der Waals surface area (Å²) in [5.74, 6) is 0.856. The van der Waals surface area contributed by atoms with E-state index in [-0.39, 0.29) is 6.04 Å². The molecule has 0 radical (unpaired) electrons. The summed E-state index contributed by atoms with van der Waals surface area (Å²) in [6.07, 6.45) is 5.81. The zero-order valence-electron chi connectivity index (χ0n) is 11.8. The van der Waals surface area contributed by atoms with Gasteiger partial charge in [0.2, 0.25) is 0 Å². The zero-order chi connectivity index (χ0) is 13.8. The second-order valence-corrected chi connectivity index (χ2v) is 5.14. The molecule has 20 heavy (non-hydrogen) atoms. The van der Waals surface area contributed by atoms with E-state index in [1.807, 2.05) is 6.20 Å². The Balaban J connectivity index is 1.90. The second-order valence-electron chi connectivity index (χ2n) is 5.14. The zero-order valence-corrected chi connectivity index (χ0v) is 11.8. The van der Waals surface area contributed by atoms with E-state index in [4.69, 9.17) is 4.74 Å². The van der Waals surface area contributed by atoms with Gasteiger partial charge < -0.3 is 10.1 Å². The van der Waals surface area contributed by atoms with Crippen LogP contribution >= 0.6 is 0 Å². The van der Waals surface area contributed by atoms with Crippen LogP contribution in [0.1, 0.15) is 36.1 Å². The Kier molecular flexibility index (Phi) is 3.97. The van der Waals surface area contributed by atoms with E-state index >= 15 is 0 Å². The highest BCUT2D eigenvalue weighted by molar-refractivity contribution is 5.40. The molecule has 0 bridgehead atoms. The largest absolute Gasteiger partial charge is 0.492 e. The smallest absolute Gasteiger partial charge is 0.137 e. The van der Waals surface area contributed by atoms with Crippen molar-refractivity contribution < 1.29 is 4.74 Å². The molecular formula is C17H20N2O. The maximum absolute atomic E-state index is 5.68. The Morgan fingerprint density at radius 2 is 2.20 bits per heavy atom. The Morgan fingerprint density at radius 3 is 3.10 bits per heavy atom.